The second-order valence-corrected chi connectivity index (χ2v) is 20.3. The van der Waals surface area contributed by atoms with Gasteiger partial charge in [-0.1, -0.05) is 140 Å². The minimum atomic E-state index is -0.162. The monoisotopic (exact) mass is 954 g/mol. The molecule has 0 aromatic heterocycles. The fraction of sp³-hybridized carbons (Fsp3) is 0. The van der Waals surface area contributed by atoms with Crippen LogP contribution in [-0.2, 0) is 0 Å². The van der Waals surface area contributed by atoms with E-state index in [1.54, 1.807) is 0 Å². The van der Waals surface area contributed by atoms with Crippen LogP contribution >= 0.6 is 0 Å². The summed E-state index contributed by atoms with van der Waals surface area (Å²) in [6, 6.07) is 91.1. The smallest absolute Gasteiger partial charge is 0.256 e. The quantitative estimate of drug-likeness (QED) is 0.163. The maximum Gasteiger partial charge on any atom is 0.256 e. The van der Waals surface area contributed by atoms with Crippen LogP contribution in [0.4, 0.5) is 68.2 Å². The average Bonchev–Trinajstić information content (AvgIpc) is 3.47. The number of nitrogens with zero attached hydrogens (tertiary/aromatic N) is 4. The highest BCUT2D eigenvalue weighted by atomic mass is 16.5. The predicted molar refractivity (Wildman–Crippen MR) is 312 cm³/mol. The van der Waals surface area contributed by atoms with E-state index in [1.807, 2.05) is 0 Å². The molecule has 346 valence electrons. The van der Waals surface area contributed by atoms with Gasteiger partial charge in [0.2, 0.25) is 0 Å². The highest BCUT2D eigenvalue weighted by molar-refractivity contribution is 7.04. The molecule has 11 aromatic rings. The molecule has 17 rings (SSSR count). The molecule has 0 amide bonds. The molecule has 0 atom stereocenters. The molecular formula is C66H41B3N4O2. The maximum absolute atomic E-state index is 6.85. The second-order valence-electron chi connectivity index (χ2n) is 20.3. The zero-order valence-corrected chi connectivity index (χ0v) is 40.5. The van der Waals surface area contributed by atoms with Crippen LogP contribution in [0.5, 0.6) is 23.0 Å². The van der Waals surface area contributed by atoms with Gasteiger partial charge in [0.1, 0.15) is 23.0 Å². The Hall–Kier alpha value is -9.59. The molecule has 0 unspecified atom stereocenters. The topological polar surface area (TPSA) is 31.4 Å². The number of rotatable bonds is 4. The van der Waals surface area contributed by atoms with Crippen LogP contribution in [0.1, 0.15) is 0 Å². The van der Waals surface area contributed by atoms with Gasteiger partial charge >= 0.3 is 0 Å². The van der Waals surface area contributed by atoms with Gasteiger partial charge < -0.3 is 29.1 Å². The molecule has 6 aliphatic rings. The largest absolute Gasteiger partial charge is 0.458 e. The molecule has 0 fully saturated rings. The van der Waals surface area contributed by atoms with Crippen LogP contribution in [0.2, 0.25) is 0 Å². The van der Waals surface area contributed by atoms with E-state index in [0.717, 1.165) is 91.2 Å². The SMILES string of the molecule is c1ccc(N2c3cc4c(cc3B3c5ccccc5Oc5cccc2c53)B2c3cc5c(cc3N(c3ccccc3)c3cccc(c32)N4c2ccccc2)N(c2ccccc2)c2cccc3c2B5c2ccccc2O3)cc1. The van der Waals surface area contributed by atoms with Gasteiger partial charge in [0, 0.05) is 68.2 Å². The zero-order chi connectivity index (χ0) is 48.9. The van der Waals surface area contributed by atoms with Gasteiger partial charge in [-0.2, -0.15) is 0 Å². The summed E-state index contributed by atoms with van der Waals surface area (Å²) in [6.07, 6.45) is 0. The van der Waals surface area contributed by atoms with Gasteiger partial charge in [-0.15, -0.1) is 0 Å². The van der Waals surface area contributed by atoms with Crippen molar-refractivity contribution < 1.29 is 9.47 Å². The normalized spacial score (nSPS) is 14.2. The minimum absolute atomic E-state index is 0.0799. The molecule has 0 radical (unpaired) electrons. The van der Waals surface area contributed by atoms with E-state index in [2.05, 4.69) is 268 Å². The van der Waals surface area contributed by atoms with Crippen molar-refractivity contribution in [2.75, 3.05) is 19.6 Å². The first-order chi connectivity index (χ1) is 37.2. The number of hydrogen-bond donors (Lipinski definition) is 0. The van der Waals surface area contributed by atoms with Crippen LogP contribution in [0, 0.1) is 0 Å². The number of para-hydroxylation sites is 6. The van der Waals surface area contributed by atoms with E-state index < -0.39 is 0 Å². The summed E-state index contributed by atoms with van der Waals surface area (Å²) < 4.78 is 13.7. The van der Waals surface area contributed by atoms with E-state index in [4.69, 9.17) is 9.47 Å². The standard InChI is InChI=1S/C66H41B3N4O2/c1-5-20-42(21-6-1)70-52-30-17-31-53-64(52)69(50-38-48-56(40-58(50)70)72(44-24-9-3-10-25-44)54-32-18-36-62-65(54)67(48)46-28-13-15-34-60(46)74-62)51-39-49-57(41-59(51)71(53)43-22-7-2-8-23-43)73(45-26-11-4-12-27-45)55-33-19-37-63-66(55)68(49)47-29-14-16-35-61(47)75-63/h1-41H. The van der Waals surface area contributed by atoms with Crippen molar-refractivity contribution in [1.29, 1.82) is 0 Å². The van der Waals surface area contributed by atoms with Crippen LogP contribution in [0.15, 0.2) is 249 Å². The second kappa shape index (κ2) is 15.5. The van der Waals surface area contributed by atoms with Crippen molar-refractivity contribution in [3.05, 3.63) is 249 Å². The third-order valence-electron chi connectivity index (χ3n) is 16.5. The van der Waals surface area contributed by atoms with Crippen molar-refractivity contribution in [3.63, 3.8) is 0 Å². The van der Waals surface area contributed by atoms with Gasteiger partial charge in [0.05, 0.1) is 0 Å². The molecule has 0 spiro atoms. The molecule has 9 heteroatoms. The number of hydrogen-bond acceptors (Lipinski definition) is 6. The van der Waals surface area contributed by atoms with E-state index in [9.17, 15) is 0 Å². The third-order valence-corrected chi connectivity index (χ3v) is 16.5. The van der Waals surface area contributed by atoms with E-state index >= 15 is 0 Å². The van der Waals surface area contributed by atoms with Crippen molar-refractivity contribution in [2.24, 2.45) is 0 Å². The number of benzene rings is 11. The minimum Gasteiger partial charge on any atom is -0.458 e. The van der Waals surface area contributed by atoms with Crippen LogP contribution in [-0.4, -0.2) is 20.1 Å². The van der Waals surface area contributed by atoms with Gasteiger partial charge in [0.25, 0.3) is 20.1 Å². The fourth-order valence-corrected chi connectivity index (χ4v) is 13.6. The predicted octanol–water partition coefficient (Wildman–Crippen LogP) is 10.6. The molecule has 11 aromatic carbocycles. The Bertz CT molecular complexity index is 3930. The van der Waals surface area contributed by atoms with E-state index in [1.165, 1.54) is 49.2 Å². The van der Waals surface area contributed by atoms with E-state index in [0.29, 0.717) is 0 Å². The zero-order valence-electron chi connectivity index (χ0n) is 40.5. The third kappa shape index (κ3) is 5.67. The molecular weight excluding hydrogens is 913 g/mol. The van der Waals surface area contributed by atoms with Gasteiger partial charge in [-0.25, -0.2) is 0 Å². The van der Waals surface area contributed by atoms with Gasteiger partial charge in [0.15, 0.2) is 0 Å². The average molecular weight is 955 g/mol. The first kappa shape index (κ1) is 40.9. The summed E-state index contributed by atoms with van der Waals surface area (Å²) in [5, 5.41) is 0. The Morgan fingerprint density at radius 1 is 0.213 bits per heavy atom. The maximum atomic E-state index is 6.85. The van der Waals surface area contributed by atoms with E-state index in [-0.39, 0.29) is 20.1 Å². The molecule has 6 heterocycles. The molecule has 6 aliphatic heterocycles. The fourth-order valence-electron chi connectivity index (χ4n) is 13.6. The molecule has 0 N–H and O–H groups in total. The van der Waals surface area contributed by atoms with Crippen molar-refractivity contribution in [3.8, 4) is 23.0 Å². The number of ether oxygens (including phenoxy) is 2. The Balaban J connectivity index is 1.00. The first-order valence-corrected chi connectivity index (χ1v) is 25.9. The van der Waals surface area contributed by atoms with Crippen molar-refractivity contribution in [2.45, 2.75) is 0 Å². The lowest BCUT2D eigenvalue weighted by Crippen LogP contribution is -2.66. The summed E-state index contributed by atoms with van der Waals surface area (Å²) in [4.78, 5) is 9.99. The number of fused-ring (bicyclic) bond motifs is 12. The lowest BCUT2D eigenvalue weighted by atomic mass is 9.29. The Morgan fingerprint density at radius 3 is 0.853 bits per heavy atom. The Labute approximate surface area is 436 Å². The summed E-state index contributed by atoms with van der Waals surface area (Å²) in [5.74, 6) is 3.59. The molecule has 0 saturated carbocycles. The van der Waals surface area contributed by atoms with Crippen LogP contribution in [0.25, 0.3) is 0 Å². The van der Waals surface area contributed by atoms with Crippen LogP contribution < -0.4 is 78.2 Å². The summed E-state index contributed by atoms with van der Waals surface area (Å²) in [6.45, 7) is -0.321. The summed E-state index contributed by atoms with van der Waals surface area (Å²) in [7, 11) is 0. The van der Waals surface area contributed by atoms with Gasteiger partial charge in [-0.05, 0) is 158 Å². The molecule has 75 heavy (non-hydrogen) atoms. The first-order valence-electron chi connectivity index (χ1n) is 25.9. The van der Waals surface area contributed by atoms with Crippen molar-refractivity contribution in [1.82, 2.24) is 0 Å². The van der Waals surface area contributed by atoms with Crippen LogP contribution in [0.3, 0.4) is 0 Å². The molecule has 0 aliphatic carbocycles. The lowest BCUT2D eigenvalue weighted by molar-refractivity contribution is 0.487. The Morgan fingerprint density at radius 2 is 0.493 bits per heavy atom. The summed E-state index contributed by atoms with van der Waals surface area (Å²) in [5.41, 5.74) is 24.6. The highest BCUT2D eigenvalue weighted by Gasteiger charge is 2.50. The van der Waals surface area contributed by atoms with Gasteiger partial charge in [-0.3, -0.25) is 0 Å². The molecule has 6 nitrogen and oxygen atoms in total. The lowest BCUT2D eigenvalue weighted by Gasteiger charge is -2.47. The molecule has 0 bridgehead atoms. The van der Waals surface area contributed by atoms with Crippen molar-refractivity contribution >= 4 is 138 Å². The molecule has 0 saturated heterocycles. The number of anilines is 12. The Kier molecular flexibility index (Phi) is 8.44. The highest BCUT2D eigenvalue weighted by Crippen LogP contribution is 2.49. The summed E-state index contributed by atoms with van der Waals surface area (Å²) >= 11 is 0.